The van der Waals surface area contributed by atoms with E-state index in [9.17, 15) is 4.79 Å². The third kappa shape index (κ3) is 2.51. The Hall–Kier alpha value is -2.14. The number of rotatable bonds is 2. The summed E-state index contributed by atoms with van der Waals surface area (Å²) in [5, 5.41) is 8.21. The molecule has 0 radical (unpaired) electrons. The summed E-state index contributed by atoms with van der Waals surface area (Å²) in [6.07, 6.45) is 8.39. The first kappa shape index (κ1) is 17.5. The van der Waals surface area contributed by atoms with Crippen LogP contribution in [0.2, 0.25) is 0 Å². The second-order valence-electron chi connectivity index (χ2n) is 10.1. The van der Waals surface area contributed by atoms with E-state index in [0.717, 1.165) is 28.7 Å². The molecule has 5 heteroatoms. The van der Waals surface area contributed by atoms with E-state index in [1.807, 2.05) is 0 Å². The van der Waals surface area contributed by atoms with Crippen LogP contribution in [0, 0.1) is 17.8 Å². The Labute approximate surface area is 180 Å². The Morgan fingerprint density at radius 3 is 2.40 bits per heavy atom. The third-order valence-electron chi connectivity index (χ3n) is 8.10. The molecule has 4 nitrogen and oxygen atoms in total. The van der Waals surface area contributed by atoms with Crippen LogP contribution in [0.5, 0.6) is 0 Å². The van der Waals surface area contributed by atoms with Crippen LogP contribution < -0.4 is 0 Å². The molecule has 0 amide bonds. The quantitative estimate of drug-likeness (QED) is 0.533. The fourth-order valence-corrected chi connectivity index (χ4v) is 8.46. The Morgan fingerprint density at radius 2 is 1.63 bits per heavy atom. The van der Waals surface area contributed by atoms with E-state index in [1.165, 1.54) is 54.9 Å². The molecule has 0 spiro atoms. The minimum atomic E-state index is 0.0881. The van der Waals surface area contributed by atoms with Crippen LogP contribution in [0.15, 0.2) is 47.6 Å². The van der Waals surface area contributed by atoms with Crippen molar-refractivity contribution in [1.29, 1.82) is 0 Å². The van der Waals surface area contributed by atoms with Gasteiger partial charge < -0.3 is 0 Å². The van der Waals surface area contributed by atoms with Gasteiger partial charge in [-0.1, -0.05) is 54.2 Å². The van der Waals surface area contributed by atoms with Gasteiger partial charge in [0.05, 0.1) is 0 Å². The Kier molecular flexibility index (Phi) is 3.62. The molecular weight excluding hydrogens is 390 g/mol. The lowest BCUT2D eigenvalue weighted by Crippen LogP contribution is -2.49. The highest BCUT2D eigenvalue weighted by Gasteiger charge is 2.54. The highest BCUT2D eigenvalue weighted by molar-refractivity contribution is 7.99. The average molecular weight is 416 g/mol. The molecule has 4 aliphatic carbocycles. The molecule has 2 aromatic carbocycles. The monoisotopic (exact) mass is 415 g/mol. The van der Waals surface area contributed by atoms with Crippen molar-refractivity contribution in [3.63, 3.8) is 0 Å². The van der Waals surface area contributed by atoms with Crippen molar-refractivity contribution in [1.82, 2.24) is 14.8 Å². The second kappa shape index (κ2) is 6.19. The Balaban J connectivity index is 1.26. The van der Waals surface area contributed by atoms with Crippen molar-refractivity contribution >= 4 is 28.4 Å². The van der Waals surface area contributed by atoms with Crippen LogP contribution in [0.25, 0.3) is 10.8 Å². The number of carbonyl (C=O) groups excluding carboxylic acids is 1. The summed E-state index contributed by atoms with van der Waals surface area (Å²) < 4.78 is 1.63. The molecule has 152 valence electrons. The molecule has 3 aromatic rings. The van der Waals surface area contributed by atoms with Gasteiger partial charge in [-0.15, -0.1) is 5.10 Å². The summed E-state index contributed by atoms with van der Waals surface area (Å²) in [6, 6.07) is 14.9. The lowest BCUT2D eigenvalue weighted by Gasteiger charge is -2.55. The van der Waals surface area contributed by atoms with Crippen molar-refractivity contribution < 1.29 is 4.79 Å². The predicted octanol–water partition coefficient (Wildman–Crippen LogP) is 5.78. The van der Waals surface area contributed by atoms with Gasteiger partial charge in [-0.05, 0) is 72.6 Å². The Bertz CT molecular complexity index is 1140. The molecule has 1 atom stereocenters. The summed E-state index contributed by atoms with van der Waals surface area (Å²) in [6.45, 7) is 0. The normalized spacial score (nSPS) is 34.5. The van der Waals surface area contributed by atoms with Gasteiger partial charge in [0.25, 0.3) is 5.91 Å². The largest absolute Gasteiger partial charge is 0.272 e. The maximum atomic E-state index is 13.1. The maximum absolute atomic E-state index is 13.1. The summed E-state index contributed by atoms with van der Waals surface area (Å²) >= 11 is 1.72. The van der Waals surface area contributed by atoms with Gasteiger partial charge in [-0.25, -0.2) is 4.98 Å². The smallest absolute Gasteiger partial charge is 0.250 e. The molecule has 0 N–H and O–H groups in total. The molecule has 4 saturated carbocycles. The van der Waals surface area contributed by atoms with Gasteiger partial charge in [-0.2, -0.15) is 4.68 Å². The zero-order valence-corrected chi connectivity index (χ0v) is 17.8. The first-order valence-corrected chi connectivity index (χ1v) is 12.2. The number of hydrogen-bond donors (Lipinski definition) is 0. The van der Waals surface area contributed by atoms with E-state index in [4.69, 9.17) is 10.1 Å². The molecule has 30 heavy (non-hydrogen) atoms. The zero-order chi connectivity index (χ0) is 19.9. The van der Waals surface area contributed by atoms with Crippen molar-refractivity contribution in [3.8, 4) is 0 Å². The number of aromatic nitrogens is 3. The molecule has 0 unspecified atom stereocenters. The van der Waals surface area contributed by atoms with E-state index < -0.39 is 0 Å². The van der Waals surface area contributed by atoms with E-state index in [1.54, 1.807) is 16.4 Å². The van der Waals surface area contributed by atoms with Crippen molar-refractivity contribution in [2.45, 2.75) is 60.8 Å². The molecule has 4 fully saturated rings. The summed E-state index contributed by atoms with van der Waals surface area (Å²) in [5.74, 6) is 3.61. The highest BCUT2D eigenvalue weighted by atomic mass is 32.2. The van der Waals surface area contributed by atoms with E-state index in [-0.39, 0.29) is 16.6 Å². The van der Waals surface area contributed by atoms with Gasteiger partial charge in [0.2, 0.25) is 0 Å². The highest BCUT2D eigenvalue weighted by Crippen LogP contribution is 2.60. The summed E-state index contributed by atoms with van der Waals surface area (Å²) in [5.41, 5.74) is 1.37. The second-order valence-corrected chi connectivity index (χ2v) is 11.3. The van der Waals surface area contributed by atoms with Crippen LogP contribution in [-0.4, -0.2) is 20.7 Å². The van der Waals surface area contributed by atoms with Gasteiger partial charge in [-0.3, -0.25) is 4.79 Å². The number of hydrogen-bond acceptors (Lipinski definition) is 4. The molecular formula is C25H25N3OS. The molecule has 1 aliphatic heterocycles. The Morgan fingerprint density at radius 1 is 0.933 bits per heavy atom. The molecule has 8 rings (SSSR count). The van der Waals surface area contributed by atoms with Crippen LogP contribution >= 0.6 is 11.8 Å². The minimum absolute atomic E-state index is 0.0881. The van der Waals surface area contributed by atoms with E-state index in [0.29, 0.717) is 6.42 Å². The lowest BCUT2D eigenvalue weighted by atomic mass is 9.49. The van der Waals surface area contributed by atoms with Crippen LogP contribution in [0.1, 0.15) is 66.4 Å². The van der Waals surface area contributed by atoms with Crippen molar-refractivity contribution in [3.05, 3.63) is 53.9 Å². The third-order valence-corrected chi connectivity index (χ3v) is 9.28. The molecule has 2 heterocycles. The number of nitrogens with zero attached hydrogens (tertiary/aromatic N) is 3. The summed E-state index contributed by atoms with van der Waals surface area (Å²) in [4.78, 5) is 18.1. The fourth-order valence-electron chi connectivity index (χ4n) is 7.26. The molecule has 1 aromatic heterocycles. The number of fused-ring (bicyclic) bond motifs is 2. The number of benzene rings is 2. The summed E-state index contributed by atoms with van der Waals surface area (Å²) in [7, 11) is 0. The van der Waals surface area contributed by atoms with Gasteiger partial charge >= 0.3 is 0 Å². The SMILES string of the molecule is O=C1C[C@H](c2cccc3ccccc23)Sc2nc(C34CC5CC(CC(C5)C3)C4)nn21. The molecule has 0 saturated heterocycles. The standard InChI is InChI=1S/C25H25N3OS/c29-22-11-21(20-7-3-5-18-4-1-2-6-19(18)20)30-24-26-23(27-28(22)24)25-12-15-8-16(13-25)10-17(9-15)14-25/h1-7,15-17,21H,8-14H2/t15?,16?,17?,21-,25?/m1/s1. The van der Waals surface area contributed by atoms with Crippen LogP contribution in [-0.2, 0) is 5.41 Å². The van der Waals surface area contributed by atoms with E-state index >= 15 is 0 Å². The minimum Gasteiger partial charge on any atom is -0.272 e. The average Bonchev–Trinajstić information content (AvgIpc) is 3.18. The van der Waals surface area contributed by atoms with Gasteiger partial charge in [0.1, 0.15) is 0 Å². The predicted molar refractivity (Wildman–Crippen MR) is 118 cm³/mol. The van der Waals surface area contributed by atoms with Crippen molar-refractivity contribution in [2.75, 3.05) is 0 Å². The number of carbonyl (C=O) groups is 1. The molecule has 5 aliphatic rings. The lowest BCUT2D eigenvalue weighted by molar-refractivity contribution is -0.00944. The molecule has 4 bridgehead atoms. The van der Waals surface area contributed by atoms with Crippen molar-refractivity contribution in [2.24, 2.45) is 17.8 Å². The first-order valence-electron chi connectivity index (χ1n) is 11.3. The zero-order valence-electron chi connectivity index (χ0n) is 17.0. The fraction of sp³-hybridized carbons (Fsp3) is 0.480. The number of thioether (sulfide) groups is 1. The van der Waals surface area contributed by atoms with E-state index in [2.05, 4.69) is 42.5 Å². The first-order chi connectivity index (χ1) is 14.7. The van der Waals surface area contributed by atoms with Crippen LogP contribution in [0.3, 0.4) is 0 Å². The van der Waals surface area contributed by atoms with Gasteiger partial charge in [0, 0.05) is 17.1 Å². The van der Waals surface area contributed by atoms with Gasteiger partial charge in [0.15, 0.2) is 11.0 Å². The topological polar surface area (TPSA) is 47.8 Å². The maximum Gasteiger partial charge on any atom is 0.250 e. The van der Waals surface area contributed by atoms with Crippen LogP contribution in [0.4, 0.5) is 0 Å².